The number of aromatic nitrogens is 1. The second-order valence-electron chi connectivity index (χ2n) is 6.69. The van der Waals surface area contributed by atoms with Crippen LogP contribution < -0.4 is 0 Å². The summed E-state index contributed by atoms with van der Waals surface area (Å²) in [6.45, 7) is 7.31. The van der Waals surface area contributed by atoms with Crippen LogP contribution in [-0.4, -0.2) is 29.8 Å². The summed E-state index contributed by atoms with van der Waals surface area (Å²) in [5.74, 6) is 0. The van der Waals surface area contributed by atoms with Gasteiger partial charge in [0.2, 0.25) is 0 Å². The van der Waals surface area contributed by atoms with Crippen LogP contribution in [0.5, 0.6) is 0 Å². The fourth-order valence-electron chi connectivity index (χ4n) is 2.74. The lowest BCUT2D eigenvalue weighted by Gasteiger charge is -2.11. The van der Waals surface area contributed by atoms with Crippen molar-refractivity contribution in [1.29, 1.82) is 0 Å². The van der Waals surface area contributed by atoms with Gasteiger partial charge in [-0.1, -0.05) is 29.8 Å². The Kier molecular flexibility index (Phi) is 6.30. The molecule has 0 saturated heterocycles. The lowest BCUT2D eigenvalue weighted by molar-refractivity contribution is 0.552. The van der Waals surface area contributed by atoms with Crippen LogP contribution in [0.1, 0.15) is 28.6 Å². The third kappa shape index (κ3) is 4.96. The average Bonchev–Trinajstić information content (AvgIpc) is 3.12. The van der Waals surface area contributed by atoms with Crippen molar-refractivity contribution in [3.8, 4) is 11.3 Å². The fraction of sp³-hybridized carbons (Fsp3) is 0.273. The van der Waals surface area contributed by atoms with Crippen molar-refractivity contribution in [1.82, 2.24) is 9.88 Å². The van der Waals surface area contributed by atoms with E-state index in [1.54, 1.807) is 11.3 Å². The Bertz CT molecular complexity index is 945. The van der Waals surface area contributed by atoms with Crippen LogP contribution in [0.4, 0.5) is 5.69 Å². The van der Waals surface area contributed by atoms with Gasteiger partial charge in [-0.05, 0) is 55.7 Å². The molecule has 0 unspecified atom stereocenters. The first-order chi connectivity index (χ1) is 13.0. The number of benzene rings is 2. The SMILES string of the molecule is CCN(C)C=Nc1cc(C)c(Cc2nc(-c3ccc(Cl)cc3)cs2)cc1C. The molecule has 0 amide bonds. The van der Waals surface area contributed by atoms with Gasteiger partial charge in [0.25, 0.3) is 0 Å². The van der Waals surface area contributed by atoms with Crippen LogP contribution in [0.2, 0.25) is 5.02 Å². The minimum absolute atomic E-state index is 0.744. The highest BCUT2D eigenvalue weighted by Gasteiger charge is 2.09. The molecule has 0 aliphatic carbocycles. The quantitative estimate of drug-likeness (QED) is 0.361. The number of hydrogen-bond donors (Lipinski definition) is 0. The minimum Gasteiger partial charge on any atom is -0.366 e. The normalized spacial score (nSPS) is 11.3. The molecule has 3 aromatic rings. The smallest absolute Gasteiger partial charge is 0.0976 e. The van der Waals surface area contributed by atoms with Gasteiger partial charge < -0.3 is 4.90 Å². The van der Waals surface area contributed by atoms with Gasteiger partial charge in [0.05, 0.1) is 22.7 Å². The number of aryl methyl sites for hydroxylation is 2. The van der Waals surface area contributed by atoms with Gasteiger partial charge in [-0.15, -0.1) is 11.3 Å². The summed E-state index contributed by atoms with van der Waals surface area (Å²) in [6.07, 6.45) is 2.73. The first-order valence-electron chi connectivity index (χ1n) is 9.01. The van der Waals surface area contributed by atoms with E-state index in [2.05, 4.69) is 48.2 Å². The zero-order chi connectivity index (χ0) is 19.4. The third-order valence-electron chi connectivity index (χ3n) is 4.58. The molecule has 0 bridgehead atoms. The Balaban J connectivity index is 1.79. The van der Waals surface area contributed by atoms with Crippen LogP contribution in [0, 0.1) is 13.8 Å². The molecule has 0 atom stereocenters. The van der Waals surface area contributed by atoms with Crippen LogP contribution in [0.25, 0.3) is 11.3 Å². The van der Waals surface area contributed by atoms with E-state index in [0.29, 0.717) is 0 Å². The Morgan fingerprint density at radius 3 is 2.59 bits per heavy atom. The standard InChI is InChI=1S/C22H24ClN3S/c1-5-26(4)14-24-20-11-15(2)18(10-16(20)3)12-22-25-21(13-27-22)17-6-8-19(23)9-7-17/h6-11,13-14H,5,12H2,1-4H3. The van der Waals surface area contributed by atoms with Crippen LogP contribution in [0.3, 0.4) is 0 Å². The van der Waals surface area contributed by atoms with Gasteiger partial charge in [-0.2, -0.15) is 0 Å². The summed E-state index contributed by atoms with van der Waals surface area (Å²) in [6, 6.07) is 12.2. The molecule has 2 aromatic carbocycles. The van der Waals surface area contributed by atoms with Crippen molar-refractivity contribution >= 4 is 35.0 Å². The highest BCUT2D eigenvalue weighted by atomic mass is 35.5. The molecule has 0 aliphatic heterocycles. The number of hydrogen-bond acceptors (Lipinski definition) is 3. The largest absolute Gasteiger partial charge is 0.366 e. The number of nitrogens with zero attached hydrogens (tertiary/aromatic N) is 3. The Morgan fingerprint density at radius 1 is 1.15 bits per heavy atom. The molecule has 1 aromatic heterocycles. The molecule has 1 heterocycles. The van der Waals surface area contributed by atoms with Gasteiger partial charge in [-0.3, -0.25) is 0 Å². The Hall–Kier alpha value is -2.17. The predicted octanol–water partition coefficient (Wildman–Crippen LogP) is 6.28. The van der Waals surface area contributed by atoms with Crippen molar-refractivity contribution in [2.75, 3.05) is 13.6 Å². The molecule has 27 heavy (non-hydrogen) atoms. The van der Waals surface area contributed by atoms with Gasteiger partial charge in [0.15, 0.2) is 0 Å². The molecule has 3 rings (SSSR count). The topological polar surface area (TPSA) is 28.5 Å². The summed E-state index contributed by atoms with van der Waals surface area (Å²) in [5.41, 5.74) is 6.86. The highest BCUT2D eigenvalue weighted by Crippen LogP contribution is 2.28. The van der Waals surface area contributed by atoms with Gasteiger partial charge in [-0.25, -0.2) is 9.98 Å². The minimum atomic E-state index is 0.744. The van der Waals surface area contributed by atoms with E-state index in [-0.39, 0.29) is 0 Å². The van der Waals surface area contributed by atoms with E-state index in [4.69, 9.17) is 16.6 Å². The maximum absolute atomic E-state index is 5.97. The summed E-state index contributed by atoms with van der Waals surface area (Å²) < 4.78 is 0. The first kappa shape index (κ1) is 19.6. The monoisotopic (exact) mass is 397 g/mol. The summed E-state index contributed by atoms with van der Waals surface area (Å²) in [5, 5.41) is 3.97. The average molecular weight is 398 g/mol. The predicted molar refractivity (Wildman–Crippen MR) is 118 cm³/mol. The van der Waals surface area contributed by atoms with Crippen molar-refractivity contribution in [3.63, 3.8) is 0 Å². The molecule has 5 heteroatoms. The summed E-state index contributed by atoms with van der Waals surface area (Å²) in [4.78, 5) is 11.5. The number of halogens is 1. The van der Waals surface area contributed by atoms with Gasteiger partial charge in [0, 0.05) is 36.0 Å². The fourth-order valence-corrected chi connectivity index (χ4v) is 3.69. The van der Waals surface area contributed by atoms with Gasteiger partial charge >= 0.3 is 0 Å². The van der Waals surface area contributed by atoms with Crippen molar-refractivity contribution < 1.29 is 0 Å². The molecular formula is C22H24ClN3S. The Labute approximate surface area is 170 Å². The van der Waals surface area contributed by atoms with E-state index >= 15 is 0 Å². The second kappa shape index (κ2) is 8.68. The lowest BCUT2D eigenvalue weighted by atomic mass is 10.0. The van der Waals surface area contributed by atoms with Gasteiger partial charge in [0.1, 0.15) is 0 Å². The maximum atomic E-state index is 5.97. The van der Waals surface area contributed by atoms with Crippen molar-refractivity contribution in [3.05, 3.63) is 68.5 Å². The van der Waals surface area contributed by atoms with E-state index in [1.165, 1.54) is 16.7 Å². The number of rotatable bonds is 6. The van der Waals surface area contributed by atoms with Crippen LogP contribution in [0.15, 0.2) is 46.8 Å². The number of thiazole rings is 1. The third-order valence-corrected chi connectivity index (χ3v) is 5.68. The van der Waals surface area contributed by atoms with E-state index in [9.17, 15) is 0 Å². The van der Waals surface area contributed by atoms with E-state index in [0.717, 1.165) is 39.9 Å². The molecular weight excluding hydrogens is 374 g/mol. The summed E-state index contributed by atoms with van der Waals surface area (Å²) >= 11 is 7.67. The lowest BCUT2D eigenvalue weighted by Crippen LogP contribution is -2.14. The molecule has 0 fully saturated rings. The zero-order valence-corrected chi connectivity index (χ0v) is 17.7. The van der Waals surface area contributed by atoms with Crippen molar-refractivity contribution in [2.45, 2.75) is 27.2 Å². The van der Waals surface area contributed by atoms with Crippen LogP contribution >= 0.6 is 22.9 Å². The van der Waals surface area contributed by atoms with Crippen molar-refractivity contribution in [2.24, 2.45) is 4.99 Å². The van der Waals surface area contributed by atoms with E-state index < -0.39 is 0 Å². The molecule has 0 saturated carbocycles. The van der Waals surface area contributed by atoms with Crippen LogP contribution in [-0.2, 0) is 6.42 Å². The molecule has 140 valence electrons. The second-order valence-corrected chi connectivity index (χ2v) is 8.07. The van der Waals surface area contributed by atoms with E-state index in [1.807, 2.05) is 37.7 Å². The number of aliphatic imine (C=N–C) groups is 1. The molecule has 0 spiro atoms. The molecule has 0 N–H and O–H groups in total. The maximum Gasteiger partial charge on any atom is 0.0976 e. The molecule has 0 aliphatic rings. The summed E-state index contributed by atoms with van der Waals surface area (Å²) in [7, 11) is 2.03. The highest BCUT2D eigenvalue weighted by molar-refractivity contribution is 7.10. The first-order valence-corrected chi connectivity index (χ1v) is 10.3. The molecule has 0 radical (unpaired) electrons. The Morgan fingerprint density at radius 2 is 1.89 bits per heavy atom. The molecule has 3 nitrogen and oxygen atoms in total. The zero-order valence-electron chi connectivity index (χ0n) is 16.2.